The molecule has 0 saturated carbocycles. The number of allylic oxidation sites excluding steroid dienone is 15. The second kappa shape index (κ2) is 51.2. The van der Waals surface area contributed by atoms with Crippen molar-refractivity contribution in [2.24, 2.45) is 0 Å². The molecule has 0 radical (unpaired) electrons. The van der Waals surface area contributed by atoms with Gasteiger partial charge in [-0.25, -0.2) is 0 Å². The molecule has 0 aromatic heterocycles. The fourth-order valence-electron chi connectivity index (χ4n) is 10.8. The van der Waals surface area contributed by atoms with Crippen LogP contribution in [0.3, 0.4) is 0 Å². The molecule has 0 aliphatic carbocycles. The first-order valence-electron chi connectivity index (χ1n) is 34.0. The maximum absolute atomic E-state index is 13.4. The first-order chi connectivity index (χ1) is 43.3. The Hall–Kier alpha value is -3.29. The second-order valence-corrected chi connectivity index (χ2v) is 23.9. The maximum Gasteiger partial charge on any atom is 0.220 e. The molecule has 0 bridgehead atoms. The number of carbonyl (C=O) groups is 1. The third-order valence-corrected chi connectivity index (χ3v) is 16.3. The zero-order valence-electron chi connectivity index (χ0n) is 53.9. The molecule has 0 aromatic carbocycles. The van der Waals surface area contributed by atoms with Crippen LogP contribution in [0.2, 0.25) is 0 Å². The van der Waals surface area contributed by atoms with E-state index in [9.17, 15) is 61.0 Å². The molecule has 3 aliphatic rings. The van der Waals surface area contributed by atoms with Gasteiger partial charge in [0.1, 0.15) is 73.2 Å². The standard InChI is InChI=1S/C70H119NO18/c1-3-5-7-9-11-13-15-16-17-18-19-20-21-22-23-24-25-26-27-28-29-30-31-32-33-34-35-36-38-40-42-44-46-48-58(76)71-53(54(75)47-45-43-41-39-37-14-12-10-8-6-4-2)52-84-68-64(82)61(79)66(56(50-73)86-68)89-70-65(83)62(80)67(57(51-74)87-70)88-69-63(81)60(78)59(77)55(49-72)85-69/h5,7-8,10-11,13,16-17,19-20,22-23,37,39,45,47,53-57,59-70,72-75,77-83H,3-4,6,9,12,14-15,18,21,24-36,38,40-44,46,48-52H2,1-2H3,(H,71,76)/b7-5-,10-8+,13-11-,17-16-,20-19-,23-22-,39-37+,47-45+. The molecular formula is C70H119NO18. The van der Waals surface area contributed by atoms with Gasteiger partial charge < -0.3 is 89.9 Å². The lowest BCUT2D eigenvalue weighted by molar-refractivity contribution is -0.379. The Morgan fingerprint density at radius 1 is 0.416 bits per heavy atom. The van der Waals surface area contributed by atoms with Gasteiger partial charge in [0.05, 0.1) is 38.6 Å². The number of hydrogen-bond acceptors (Lipinski definition) is 18. The van der Waals surface area contributed by atoms with Gasteiger partial charge in [-0.3, -0.25) is 4.79 Å². The van der Waals surface area contributed by atoms with Crippen LogP contribution in [0.4, 0.5) is 0 Å². The number of aliphatic hydroxyl groups is 11. The van der Waals surface area contributed by atoms with Crippen molar-refractivity contribution in [3.63, 3.8) is 0 Å². The van der Waals surface area contributed by atoms with E-state index in [2.05, 4.69) is 104 Å². The molecule has 3 aliphatic heterocycles. The van der Waals surface area contributed by atoms with E-state index in [1.54, 1.807) is 6.08 Å². The number of carbonyl (C=O) groups excluding carboxylic acids is 1. The lowest BCUT2D eigenvalue weighted by Crippen LogP contribution is -2.66. The smallest absolute Gasteiger partial charge is 0.220 e. The van der Waals surface area contributed by atoms with Crippen molar-refractivity contribution in [3.05, 3.63) is 97.2 Å². The highest BCUT2D eigenvalue weighted by Gasteiger charge is 2.53. The van der Waals surface area contributed by atoms with E-state index in [-0.39, 0.29) is 18.9 Å². The predicted molar refractivity (Wildman–Crippen MR) is 346 cm³/mol. The summed E-state index contributed by atoms with van der Waals surface area (Å²) in [6.07, 6.45) is 39.9. The molecule has 89 heavy (non-hydrogen) atoms. The molecule has 3 fully saturated rings. The van der Waals surface area contributed by atoms with Gasteiger partial charge in [-0.2, -0.15) is 0 Å². The zero-order valence-corrected chi connectivity index (χ0v) is 53.9. The minimum absolute atomic E-state index is 0.228. The largest absolute Gasteiger partial charge is 0.394 e. The number of amides is 1. The third kappa shape index (κ3) is 33.4. The van der Waals surface area contributed by atoms with Gasteiger partial charge in [0.15, 0.2) is 18.9 Å². The van der Waals surface area contributed by atoms with Gasteiger partial charge >= 0.3 is 0 Å². The summed E-state index contributed by atoms with van der Waals surface area (Å²) in [6.45, 7) is 1.49. The van der Waals surface area contributed by atoms with Crippen LogP contribution in [0.1, 0.15) is 206 Å². The van der Waals surface area contributed by atoms with Crippen LogP contribution in [0.15, 0.2) is 97.2 Å². The van der Waals surface area contributed by atoms with Crippen LogP contribution in [-0.4, -0.2) is 193 Å². The fraction of sp³-hybridized carbons (Fsp3) is 0.757. The van der Waals surface area contributed by atoms with E-state index in [1.165, 1.54) is 89.9 Å². The molecule has 17 atom stereocenters. The van der Waals surface area contributed by atoms with E-state index >= 15 is 0 Å². The Morgan fingerprint density at radius 3 is 1.25 bits per heavy atom. The van der Waals surface area contributed by atoms with Gasteiger partial charge in [-0.1, -0.05) is 214 Å². The minimum atomic E-state index is -1.98. The zero-order chi connectivity index (χ0) is 64.7. The summed E-state index contributed by atoms with van der Waals surface area (Å²) in [5.74, 6) is -0.294. The van der Waals surface area contributed by atoms with Crippen LogP contribution in [0.25, 0.3) is 0 Å². The van der Waals surface area contributed by atoms with Gasteiger partial charge in [-0.15, -0.1) is 0 Å². The Labute approximate surface area is 533 Å². The van der Waals surface area contributed by atoms with Crippen molar-refractivity contribution in [3.8, 4) is 0 Å². The molecule has 3 rings (SSSR count). The number of hydrogen-bond donors (Lipinski definition) is 12. The number of rotatable bonds is 50. The van der Waals surface area contributed by atoms with Crippen molar-refractivity contribution in [2.75, 3.05) is 26.4 Å². The van der Waals surface area contributed by atoms with Crippen molar-refractivity contribution in [1.29, 1.82) is 0 Å². The summed E-state index contributed by atoms with van der Waals surface area (Å²) in [5.41, 5.74) is 0. The first-order valence-corrected chi connectivity index (χ1v) is 34.0. The van der Waals surface area contributed by atoms with E-state index in [0.29, 0.717) is 12.8 Å². The highest BCUT2D eigenvalue weighted by Crippen LogP contribution is 2.33. The van der Waals surface area contributed by atoms with E-state index < -0.39 is 124 Å². The summed E-state index contributed by atoms with van der Waals surface area (Å²) >= 11 is 0. The van der Waals surface area contributed by atoms with E-state index in [4.69, 9.17) is 28.4 Å². The summed E-state index contributed by atoms with van der Waals surface area (Å²) in [5, 5.41) is 120. The van der Waals surface area contributed by atoms with Gasteiger partial charge in [0.25, 0.3) is 0 Å². The van der Waals surface area contributed by atoms with Gasteiger partial charge in [0.2, 0.25) is 5.91 Å². The Bertz CT molecular complexity index is 1990. The quantitative estimate of drug-likeness (QED) is 0.0201. The maximum atomic E-state index is 13.4. The SMILES string of the molecule is CC/C=C\C/C=C\C/C=C\C/C=C\C/C=C\CCCCCCCCCCCCCCCCCCCC(=O)NC(COC1OC(CO)C(OC2OC(CO)C(OC3OC(CO)C(O)C(O)C3O)C(O)C2O)C(O)C1O)C(O)/C=C/CC/C=C/CC/C=C/CCC. The van der Waals surface area contributed by atoms with Gasteiger partial charge in [-0.05, 0) is 83.5 Å². The van der Waals surface area contributed by atoms with Crippen LogP contribution < -0.4 is 5.32 Å². The van der Waals surface area contributed by atoms with Crippen LogP contribution in [0.5, 0.6) is 0 Å². The topological polar surface area (TPSA) is 307 Å². The number of unbranched alkanes of at least 4 members (excludes halogenated alkanes) is 20. The molecule has 512 valence electrons. The van der Waals surface area contributed by atoms with Crippen LogP contribution in [0, 0.1) is 0 Å². The molecule has 1 amide bonds. The molecule has 3 saturated heterocycles. The second-order valence-electron chi connectivity index (χ2n) is 23.9. The lowest BCUT2D eigenvalue weighted by Gasteiger charge is -2.48. The summed E-state index contributed by atoms with van der Waals surface area (Å²) in [4.78, 5) is 13.4. The summed E-state index contributed by atoms with van der Waals surface area (Å²) in [6, 6.07) is -0.999. The fourth-order valence-corrected chi connectivity index (χ4v) is 10.8. The average molecular weight is 1260 g/mol. The van der Waals surface area contributed by atoms with Crippen molar-refractivity contribution < 1.29 is 89.4 Å². The van der Waals surface area contributed by atoms with Crippen molar-refractivity contribution in [1.82, 2.24) is 5.32 Å². The third-order valence-electron chi connectivity index (χ3n) is 16.3. The predicted octanol–water partition coefficient (Wildman–Crippen LogP) is 8.49. The summed E-state index contributed by atoms with van der Waals surface area (Å²) in [7, 11) is 0. The number of aliphatic hydroxyl groups excluding tert-OH is 11. The molecule has 3 heterocycles. The highest BCUT2D eigenvalue weighted by molar-refractivity contribution is 5.76. The highest BCUT2D eigenvalue weighted by atomic mass is 16.8. The van der Waals surface area contributed by atoms with Crippen LogP contribution in [-0.2, 0) is 33.2 Å². The molecule has 12 N–H and O–H groups in total. The Kier molecular flexibility index (Phi) is 46.0. The summed E-state index contributed by atoms with van der Waals surface area (Å²) < 4.78 is 34.2. The van der Waals surface area contributed by atoms with E-state index in [1.807, 2.05) is 6.08 Å². The normalized spacial score (nSPS) is 28.8. The monoisotopic (exact) mass is 1260 g/mol. The molecule has 19 heteroatoms. The van der Waals surface area contributed by atoms with Gasteiger partial charge in [0, 0.05) is 6.42 Å². The van der Waals surface area contributed by atoms with Crippen molar-refractivity contribution >= 4 is 5.91 Å². The molecule has 0 aromatic rings. The number of nitrogens with one attached hydrogen (secondary N) is 1. The molecular weight excluding hydrogens is 1140 g/mol. The first kappa shape index (κ1) is 79.9. The lowest BCUT2D eigenvalue weighted by atomic mass is 9.96. The minimum Gasteiger partial charge on any atom is -0.394 e. The van der Waals surface area contributed by atoms with Crippen molar-refractivity contribution in [2.45, 2.75) is 311 Å². The van der Waals surface area contributed by atoms with Crippen LogP contribution >= 0.6 is 0 Å². The Balaban J connectivity index is 1.35. The average Bonchev–Trinajstić information content (AvgIpc) is 1.33. The Morgan fingerprint density at radius 2 is 0.787 bits per heavy atom. The van der Waals surface area contributed by atoms with E-state index in [0.717, 1.165) is 83.5 Å². The molecule has 17 unspecified atom stereocenters. The number of ether oxygens (including phenoxy) is 6. The molecule has 19 nitrogen and oxygen atoms in total. The molecule has 0 spiro atoms.